The summed E-state index contributed by atoms with van der Waals surface area (Å²) < 4.78 is 5.99. The van der Waals surface area contributed by atoms with Crippen molar-refractivity contribution in [3.05, 3.63) is 12.2 Å². The number of ether oxygens (including phenoxy) is 1. The molecule has 0 spiro atoms. The summed E-state index contributed by atoms with van der Waals surface area (Å²) in [5, 5.41) is 0. The van der Waals surface area contributed by atoms with E-state index in [1.807, 2.05) is 12.2 Å². The first kappa shape index (κ1) is 18.2. The van der Waals surface area contributed by atoms with Gasteiger partial charge in [-0.2, -0.15) is 0 Å². The van der Waals surface area contributed by atoms with E-state index in [-0.39, 0.29) is 29.3 Å². The highest BCUT2D eigenvalue weighted by molar-refractivity contribution is 5.78. The molecule has 0 amide bonds. The lowest BCUT2D eigenvalue weighted by atomic mass is 9.75. The van der Waals surface area contributed by atoms with Crippen molar-refractivity contribution in [2.45, 2.75) is 66.4 Å². The monoisotopic (exact) mass is 320 g/mol. The first-order valence-corrected chi connectivity index (χ1v) is 9.09. The van der Waals surface area contributed by atoms with Gasteiger partial charge in [0.05, 0.1) is 5.92 Å². The molecule has 0 N–H and O–H groups in total. The van der Waals surface area contributed by atoms with Crippen molar-refractivity contribution in [3.63, 3.8) is 0 Å². The number of allylic oxidation sites excluding steroid dienone is 2. The summed E-state index contributed by atoms with van der Waals surface area (Å²) in [7, 11) is 0. The van der Waals surface area contributed by atoms with Crippen molar-refractivity contribution >= 4 is 12.3 Å². The van der Waals surface area contributed by atoms with E-state index in [2.05, 4.69) is 34.6 Å². The molecule has 0 radical (unpaired) electrons. The van der Waals surface area contributed by atoms with E-state index in [0.29, 0.717) is 24.2 Å². The highest BCUT2D eigenvalue weighted by atomic mass is 16.5. The van der Waals surface area contributed by atoms with Crippen molar-refractivity contribution in [1.29, 1.82) is 0 Å². The summed E-state index contributed by atoms with van der Waals surface area (Å²) in [6.07, 6.45) is 8.65. The van der Waals surface area contributed by atoms with Crippen molar-refractivity contribution in [2.24, 2.45) is 35.0 Å². The third kappa shape index (κ3) is 4.05. The molecule has 0 heterocycles. The van der Waals surface area contributed by atoms with E-state index in [9.17, 15) is 9.59 Å². The van der Waals surface area contributed by atoms with Gasteiger partial charge in [0, 0.05) is 6.42 Å². The number of esters is 1. The van der Waals surface area contributed by atoms with Crippen LogP contribution in [0.4, 0.5) is 0 Å². The molecule has 2 fully saturated rings. The highest BCUT2D eigenvalue weighted by Gasteiger charge is 2.61. The first-order valence-electron chi connectivity index (χ1n) is 9.09. The highest BCUT2D eigenvalue weighted by Crippen LogP contribution is 2.59. The number of aldehydes is 1. The summed E-state index contributed by atoms with van der Waals surface area (Å²) in [6, 6.07) is 0. The maximum Gasteiger partial charge on any atom is 0.310 e. The standard InChI is InChI=1S/C20H32O3/c1-13(2)15-10-9-14(3)12-17(15)23-19(22)18-16(20(18,4)5)8-6-7-11-21/h6,8,11,13-18H,7,9-10,12H2,1-5H3/b8-6+. The van der Waals surface area contributed by atoms with Crippen molar-refractivity contribution in [2.75, 3.05) is 0 Å². The number of hydrogen-bond donors (Lipinski definition) is 0. The Labute approximate surface area is 140 Å². The van der Waals surface area contributed by atoms with Crippen molar-refractivity contribution < 1.29 is 14.3 Å². The molecule has 3 heteroatoms. The van der Waals surface area contributed by atoms with Gasteiger partial charge in [-0.1, -0.05) is 53.2 Å². The Morgan fingerprint density at radius 2 is 2.00 bits per heavy atom. The molecule has 3 nitrogen and oxygen atoms in total. The van der Waals surface area contributed by atoms with Gasteiger partial charge in [0.2, 0.25) is 0 Å². The predicted molar refractivity (Wildman–Crippen MR) is 91.8 cm³/mol. The number of carbonyl (C=O) groups excluding carboxylic acids is 2. The molecule has 2 saturated carbocycles. The van der Waals surface area contributed by atoms with Crippen LogP contribution in [0.15, 0.2) is 12.2 Å². The second-order valence-electron chi connectivity index (χ2n) is 8.46. The quantitative estimate of drug-likeness (QED) is 0.414. The largest absolute Gasteiger partial charge is 0.462 e. The molecule has 0 aromatic rings. The van der Waals surface area contributed by atoms with Gasteiger partial charge in [0.15, 0.2) is 0 Å². The van der Waals surface area contributed by atoms with E-state index in [4.69, 9.17) is 4.74 Å². The SMILES string of the molecule is CC1CCC(C(C)C)C(OC(=O)C2C(/C=C/CC=O)C2(C)C)C1. The second-order valence-corrected chi connectivity index (χ2v) is 8.46. The Kier molecular flexibility index (Phi) is 5.70. The molecule has 2 rings (SSSR count). The van der Waals surface area contributed by atoms with Crippen LogP contribution in [-0.4, -0.2) is 18.4 Å². The zero-order valence-corrected chi connectivity index (χ0v) is 15.2. The summed E-state index contributed by atoms with van der Waals surface area (Å²) in [6.45, 7) is 10.9. The van der Waals surface area contributed by atoms with Crippen molar-refractivity contribution in [3.8, 4) is 0 Å². The zero-order valence-electron chi connectivity index (χ0n) is 15.2. The molecule has 130 valence electrons. The lowest BCUT2D eigenvalue weighted by molar-refractivity contribution is -0.158. The maximum absolute atomic E-state index is 12.7. The Morgan fingerprint density at radius 1 is 1.30 bits per heavy atom. The summed E-state index contributed by atoms with van der Waals surface area (Å²) in [4.78, 5) is 23.1. The van der Waals surface area contributed by atoms with Crippen LogP contribution in [0.2, 0.25) is 0 Å². The van der Waals surface area contributed by atoms with Gasteiger partial charge >= 0.3 is 5.97 Å². The molecule has 0 aliphatic heterocycles. The number of carbonyl (C=O) groups is 2. The maximum atomic E-state index is 12.7. The van der Waals surface area contributed by atoms with Gasteiger partial charge in [-0.25, -0.2) is 0 Å². The van der Waals surface area contributed by atoms with Crippen LogP contribution in [0.5, 0.6) is 0 Å². The van der Waals surface area contributed by atoms with E-state index in [1.54, 1.807) is 0 Å². The van der Waals surface area contributed by atoms with E-state index >= 15 is 0 Å². The van der Waals surface area contributed by atoms with E-state index < -0.39 is 0 Å². The van der Waals surface area contributed by atoms with E-state index in [1.165, 1.54) is 6.42 Å². The van der Waals surface area contributed by atoms with Gasteiger partial charge in [0.1, 0.15) is 12.4 Å². The lowest BCUT2D eigenvalue weighted by Crippen LogP contribution is -2.36. The fourth-order valence-electron chi connectivity index (χ4n) is 4.24. The number of rotatable bonds is 6. The van der Waals surface area contributed by atoms with Gasteiger partial charge in [0.25, 0.3) is 0 Å². The normalized spacial score (nSPS) is 36.2. The second kappa shape index (κ2) is 7.19. The van der Waals surface area contributed by atoms with E-state index in [0.717, 1.165) is 19.1 Å². The Morgan fingerprint density at radius 3 is 2.61 bits per heavy atom. The lowest BCUT2D eigenvalue weighted by Gasteiger charge is -2.36. The van der Waals surface area contributed by atoms with Crippen molar-refractivity contribution in [1.82, 2.24) is 0 Å². The molecule has 0 saturated heterocycles. The molecule has 5 unspecified atom stereocenters. The molecule has 0 bridgehead atoms. The van der Waals surface area contributed by atoms with Crippen LogP contribution in [-0.2, 0) is 14.3 Å². The van der Waals surface area contributed by atoms with Gasteiger partial charge in [-0.15, -0.1) is 0 Å². The van der Waals surface area contributed by atoms with Gasteiger partial charge in [-0.05, 0) is 41.9 Å². The van der Waals surface area contributed by atoms with Crippen LogP contribution in [0.1, 0.15) is 60.3 Å². The Bertz CT molecular complexity index is 464. The summed E-state index contributed by atoms with van der Waals surface area (Å²) in [5.41, 5.74) is -0.0515. The Hall–Kier alpha value is -1.12. The molecule has 5 atom stereocenters. The third-order valence-electron chi connectivity index (χ3n) is 5.97. The minimum atomic E-state index is -0.0598. The van der Waals surface area contributed by atoms with Gasteiger partial charge in [-0.3, -0.25) is 4.79 Å². The third-order valence-corrected chi connectivity index (χ3v) is 5.97. The summed E-state index contributed by atoms with van der Waals surface area (Å²) >= 11 is 0. The minimum absolute atomic E-state index is 0.0412. The topological polar surface area (TPSA) is 43.4 Å². The molecular formula is C20H32O3. The minimum Gasteiger partial charge on any atom is -0.462 e. The molecular weight excluding hydrogens is 288 g/mol. The van der Waals surface area contributed by atoms with Gasteiger partial charge < -0.3 is 9.53 Å². The smallest absolute Gasteiger partial charge is 0.310 e. The predicted octanol–water partition coefficient (Wildman–Crippen LogP) is 4.41. The van der Waals surface area contributed by atoms with Crippen LogP contribution in [0, 0.1) is 35.0 Å². The average molecular weight is 320 g/mol. The molecule has 2 aliphatic rings. The number of hydrogen-bond acceptors (Lipinski definition) is 3. The fourth-order valence-corrected chi connectivity index (χ4v) is 4.24. The molecule has 0 aromatic heterocycles. The molecule has 2 aliphatic carbocycles. The van der Waals surface area contributed by atoms with Crippen LogP contribution < -0.4 is 0 Å². The average Bonchev–Trinajstić information content (AvgIpc) is 3.00. The van der Waals surface area contributed by atoms with Crippen LogP contribution in [0.3, 0.4) is 0 Å². The zero-order chi connectivity index (χ0) is 17.2. The first-order chi connectivity index (χ1) is 10.8. The van der Waals surface area contributed by atoms with Crippen LogP contribution >= 0.6 is 0 Å². The summed E-state index contributed by atoms with van der Waals surface area (Å²) in [5.74, 6) is 1.78. The fraction of sp³-hybridized carbons (Fsp3) is 0.800. The Balaban J connectivity index is 1.99. The van der Waals surface area contributed by atoms with Crippen LogP contribution in [0.25, 0.3) is 0 Å². The molecule has 0 aromatic carbocycles. The molecule has 23 heavy (non-hydrogen) atoms.